The summed E-state index contributed by atoms with van der Waals surface area (Å²) in [5.41, 5.74) is 1.83. The van der Waals surface area contributed by atoms with E-state index < -0.39 is 0 Å². The quantitative estimate of drug-likeness (QED) is 0.868. The van der Waals surface area contributed by atoms with E-state index in [1.54, 1.807) is 36.4 Å². The Kier molecular flexibility index (Phi) is 4.95. The van der Waals surface area contributed by atoms with E-state index in [0.29, 0.717) is 28.0 Å². The second-order valence-corrected chi connectivity index (χ2v) is 5.61. The number of halogens is 1. The fourth-order valence-electron chi connectivity index (χ4n) is 2.60. The third-order valence-corrected chi connectivity index (χ3v) is 3.88. The molecule has 0 aliphatic carbocycles. The molecule has 3 rings (SSSR count). The van der Waals surface area contributed by atoms with Crippen LogP contribution in [0.3, 0.4) is 0 Å². The first-order valence-corrected chi connectivity index (χ1v) is 7.73. The minimum absolute atomic E-state index is 0.0110. The Bertz CT molecular complexity index is 868. The lowest BCUT2D eigenvalue weighted by Gasteiger charge is -2.17. The van der Waals surface area contributed by atoms with Crippen LogP contribution >= 0.6 is 0 Å². The number of methoxy groups -OCH3 is 1. The lowest BCUT2D eigenvalue weighted by molar-refractivity contribution is -0.114. The third kappa shape index (κ3) is 3.78. The van der Waals surface area contributed by atoms with Crippen molar-refractivity contribution in [2.24, 2.45) is 0 Å². The number of Topliss-reactive ketones (excluding diaryl/α,β-unsaturated/α-hetero) is 1. The van der Waals surface area contributed by atoms with Crippen LogP contribution in [0.5, 0.6) is 11.5 Å². The maximum Gasteiger partial charge on any atom is 0.189 e. The van der Waals surface area contributed by atoms with Gasteiger partial charge < -0.3 is 14.6 Å². The SMILES string of the molecule is COc1ccc(/C=C2\COC/C(=C\c3ccccc3F)C2=O)cc1O. The maximum atomic E-state index is 13.8. The minimum atomic E-state index is -0.390. The predicted molar refractivity (Wildman–Crippen MR) is 92.8 cm³/mol. The van der Waals surface area contributed by atoms with Crippen LogP contribution in [0.2, 0.25) is 0 Å². The van der Waals surface area contributed by atoms with E-state index >= 15 is 0 Å². The molecule has 0 radical (unpaired) electrons. The molecule has 1 heterocycles. The van der Waals surface area contributed by atoms with Gasteiger partial charge in [0, 0.05) is 16.7 Å². The van der Waals surface area contributed by atoms with Crippen LogP contribution in [-0.2, 0) is 9.53 Å². The average molecular weight is 340 g/mol. The molecule has 1 aliphatic heterocycles. The number of aromatic hydroxyl groups is 1. The fraction of sp³-hybridized carbons (Fsp3) is 0.150. The molecule has 0 saturated carbocycles. The van der Waals surface area contributed by atoms with Crippen molar-refractivity contribution in [3.8, 4) is 11.5 Å². The van der Waals surface area contributed by atoms with Gasteiger partial charge >= 0.3 is 0 Å². The van der Waals surface area contributed by atoms with Crippen LogP contribution in [-0.4, -0.2) is 31.2 Å². The molecule has 1 fully saturated rings. The van der Waals surface area contributed by atoms with Crippen molar-refractivity contribution in [3.63, 3.8) is 0 Å². The molecule has 0 bridgehead atoms. The summed E-state index contributed by atoms with van der Waals surface area (Å²) in [6, 6.07) is 11.1. The standard InChI is InChI=1S/C20H17FO4/c1-24-19-7-6-13(9-18(19)22)8-15-11-25-12-16(20(15)23)10-14-4-2-3-5-17(14)21/h2-10,22H,11-12H2,1H3/b15-8+,16-10+. The number of ketones is 1. The molecule has 1 saturated heterocycles. The first kappa shape index (κ1) is 16.9. The van der Waals surface area contributed by atoms with Crippen molar-refractivity contribution in [1.29, 1.82) is 0 Å². The maximum absolute atomic E-state index is 13.8. The third-order valence-electron chi connectivity index (χ3n) is 3.88. The molecule has 0 aromatic heterocycles. The molecule has 4 nitrogen and oxygen atoms in total. The number of rotatable bonds is 3. The van der Waals surface area contributed by atoms with Gasteiger partial charge in [-0.1, -0.05) is 24.3 Å². The number of hydrogen-bond acceptors (Lipinski definition) is 4. The molecule has 1 N–H and O–H groups in total. The fourth-order valence-corrected chi connectivity index (χ4v) is 2.60. The van der Waals surface area contributed by atoms with E-state index in [-0.39, 0.29) is 30.6 Å². The van der Waals surface area contributed by atoms with Crippen LogP contribution in [0.4, 0.5) is 4.39 Å². The number of ether oxygens (including phenoxy) is 2. The molecule has 5 heteroatoms. The van der Waals surface area contributed by atoms with Crippen molar-refractivity contribution >= 4 is 17.9 Å². The van der Waals surface area contributed by atoms with Crippen LogP contribution in [0.25, 0.3) is 12.2 Å². The molecule has 25 heavy (non-hydrogen) atoms. The zero-order valence-corrected chi connectivity index (χ0v) is 13.7. The summed E-state index contributed by atoms with van der Waals surface area (Å²) in [6.45, 7) is 0.304. The average Bonchev–Trinajstić information content (AvgIpc) is 2.60. The van der Waals surface area contributed by atoms with Crippen LogP contribution < -0.4 is 4.74 Å². The summed E-state index contributed by atoms with van der Waals surface area (Å²) in [5.74, 6) is -0.236. The first-order chi connectivity index (χ1) is 12.1. The molecule has 0 atom stereocenters. The highest BCUT2D eigenvalue weighted by Gasteiger charge is 2.21. The minimum Gasteiger partial charge on any atom is -0.504 e. The Hall–Kier alpha value is -2.92. The van der Waals surface area contributed by atoms with Crippen LogP contribution in [0.1, 0.15) is 11.1 Å². The number of carbonyl (C=O) groups excluding carboxylic acids is 1. The topological polar surface area (TPSA) is 55.8 Å². The smallest absolute Gasteiger partial charge is 0.189 e. The molecular weight excluding hydrogens is 323 g/mol. The van der Waals surface area contributed by atoms with E-state index in [4.69, 9.17) is 9.47 Å². The van der Waals surface area contributed by atoms with Gasteiger partial charge in [0.1, 0.15) is 5.82 Å². The molecule has 128 valence electrons. The second-order valence-electron chi connectivity index (χ2n) is 5.61. The van der Waals surface area contributed by atoms with Gasteiger partial charge in [-0.15, -0.1) is 0 Å². The summed E-state index contributed by atoms with van der Waals surface area (Å²) in [7, 11) is 1.46. The number of phenols is 1. The molecule has 1 aliphatic rings. The molecular formula is C20H17FO4. The monoisotopic (exact) mass is 340 g/mol. The van der Waals surface area contributed by atoms with Crippen molar-refractivity contribution in [1.82, 2.24) is 0 Å². The zero-order valence-electron chi connectivity index (χ0n) is 13.7. The summed E-state index contributed by atoms with van der Waals surface area (Å²) in [5, 5.41) is 9.84. The number of hydrogen-bond donors (Lipinski definition) is 1. The second kappa shape index (κ2) is 7.32. The van der Waals surface area contributed by atoms with Gasteiger partial charge in [0.15, 0.2) is 17.3 Å². The van der Waals surface area contributed by atoms with Crippen LogP contribution in [0, 0.1) is 5.82 Å². The van der Waals surface area contributed by atoms with Crippen LogP contribution in [0.15, 0.2) is 53.6 Å². The Morgan fingerprint density at radius 3 is 2.52 bits per heavy atom. The van der Waals surface area contributed by atoms with Gasteiger partial charge in [-0.3, -0.25) is 4.79 Å². The van der Waals surface area contributed by atoms with Gasteiger partial charge in [-0.25, -0.2) is 4.39 Å². The highest BCUT2D eigenvalue weighted by molar-refractivity contribution is 6.14. The molecule has 0 spiro atoms. The molecule has 2 aromatic carbocycles. The van der Waals surface area contributed by atoms with Crippen molar-refractivity contribution in [2.45, 2.75) is 0 Å². The number of carbonyl (C=O) groups is 1. The van der Waals surface area contributed by atoms with Gasteiger partial charge in [-0.2, -0.15) is 0 Å². The molecule has 0 unspecified atom stereocenters. The summed E-state index contributed by atoms with van der Waals surface area (Å²) in [6.07, 6.45) is 3.16. The Labute approximate surface area is 144 Å². The Balaban J connectivity index is 1.90. The number of benzene rings is 2. The largest absolute Gasteiger partial charge is 0.504 e. The lowest BCUT2D eigenvalue weighted by Crippen LogP contribution is -2.22. The van der Waals surface area contributed by atoms with E-state index in [1.165, 1.54) is 25.3 Å². The summed E-state index contributed by atoms with van der Waals surface area (Å²) in [4.78, 5) is 12.6. The summed E-state index contributed by atoms with van der Waals surface area (Å²) >= 11 is 0. The van der Waals surface area contributed by atoms with Gasteiger partial charge in [0.2, 0.25) is 0 Å². The van der Waals surface area contributed by atoms with Crippen molar-refractivity contribution in [3.05, 3.63) is 70.6 Å². The lowest BCUT2D eigenvalue weighted by atomic mass is 9.97. The molecule has 2 aromatic rings. The van der Waals surface area contributed by atoms with E-state index in [0.717, 1.165) is 0 Å². The summed E-state index contributed by atoms with van der Waals surface area (Å²) < 4.78 is 24.2. The van der Waals surface area contributed by atoms with E-state index in [9.17, 15) is 14.3 Å². The first-order valence-electron chi connectivity index (χ1n) is 7.73. The van der Waals surface area contributed by atoms with Crippen molar-refractivity contribution in [2.75, 3.05) is 20.3 Å². The van der Waals surface area contributed by atoms with Gasteiger partial charge in [0.05, 0.1) is 20.3 Å². The Morgan fingerprint density at radius 1 is 1.12 bits per heavy atom. The van der Waals surface area contributed by atoms with Crippen molar-refractivity contribution < 1.29 is 23.8 Å². The highest BCUT2D eigenvalue weighted by atomic mass is 19.1. The molecule has 0 amide bonds. The van der Waals surface area contributed by atoms with E-state index in [1.807, 2.05) is 0 Å². The predicted octanol–water partition coefficient (Wildman–Crippen LogP) is 3.61. The van der Waals surface area contributed by atoms with E-state index in [2.05, 4.69) is 0 Å². The zero-order chi connectivity index (χ0) is 17.8. The Morgan fingerprint density at radius 2 is 1.84 bits per heavy atom. The highest BCUT2D eigenvalue weighted by Crippen LogP contribution is 2.28. The van der Waals surface area contributed by atoms with Gasteiger partial charge in [-0.05, 0) is 35.9 Å². The van der Waals surface area contributed by atoms with Gasteiger partial charge in [0.25, 0.3) is 0 Å². The normalized spacial score (nSPS) is 17.9. The number of phenolic OH excluding ortho intramolecular Hbond substituents is 1.